The average Bonchev–Trinajstić information content (AvgIpc) is 2.56. The van der Waals surface area contributed by atoms with Crippen molar-refractivity contribution in [2.45, 2.75) is 13.8 Å². The second-order valence-corrected chi connectivity index (χ2v) is 4.24. The minimum absolute atomic E-state index is 0.373. The van der Waals surface area contributed by atoms with Crippen molar-refractivity contribution in [2.24, 2.45) is 7.05 Å². The second kappa shape index (κ2) is 4.03. The van der Waals surface area contributed by atoms with Gasteiger partial charge in [0.25, 0.3) is 0 Å². The van der Waals surface area contributed by atoms with Gasteiger partial charge in [0.1, 0.15) is 10.3 Å². The van der Waals surface area contributed by atoms with E-state index in [4.69, 9.17) is 23.2 Å². The molecule has 4 nitrogen and oxygen atoms in total. The summed E-state index contributed by atoms with van der Waals surface area (Å²) >= 11 is 11.9. The van der Waals surface area contributed by atoms with Crippen LogP contribution in [0.2, 0.25) is 10.3 Å². The van der Waals surface area contributed by atoms with Crippen LogP contribution in [0.5, 0.6) is 0 Å². The zero-order chi connectivity index (χ0) is 11.9. The predicted octanol–water partition coefficient (Wildman–Crippen LogP) is 2.80. The van der Waals surface area contributed by atoms with E-state index in [0.717, 1.165) is 11.3 Å². The van der Waals surface area contributed by atoms with E-state index in [9.17, 15) is 0 Å². The molecule has 0 aliphatic carbocycles. The third kappa shape index (κ3) is 1.79. The first-order valence-electron chi connectivity index (χ1n) is 4.69. The summed E-state index contributed by atoms with van der Waals surface area (Å²) in [6, 6.07) is 0. The Balaban J connectivity index is 2.61. The van der Waals surface area contributed by atoms with Crippen LogP contribution >= 0.6 is 23.2 Å². The third-order valence-electron chi connectivity index (χ3n) is 2.50. The summed E-state index contributed by atoms with van der Waals surface area (Å²) in [5.41, 5.74) is 2.50. The van der Waals surface area contributed by atoms with E-state index < -0.39 is 0 Å². The molecular formula is C10H10Cl2N4. The van der Waals surface area contributed by atoms with E-state index >= 15 is 0 Å². The van der Waals surface area contributed by atoms with Crippen molar-refractivity contribution in [1.29, 1.82) is 0 Å². The van der Waals surface area contributed by atoms with Crippen LogP contribution in [0.4, 0.5) is 0 Å². The molecule has 2 heterocycles. The lowest BCUT2D eigenvalue weighted by atomic mass is 10.2. The highest BCUT2D eigenvalue weighted by Crippen LogP contribution is 2.25. The molecule has 0 saturated heterocycles. The molecular weight excluding hydrogens is 247 g/mol. The van der Waals surface area contributed by atoms with Gasteiger partial charge in [-0.25, -0.2) is 9.97 Å². The smallest absolute Gasteiger partial charge is 0.165 e. The molecule has 0 aliphatic rings. The molecule has 0 atom stereocenters. The standard InChI is InChI=1S/C10H10Cl2N4/c1-5-8(11)14-10(15-9(5)12)7-4-13-16(3)6(7)2/h4H,1-3H3. The van der Waals surface area contributed by atoms with E-state index in [0.29, 0.717) is 21.7 Å². The molecule has 84 valence electrons. The Bertz CT molecular complexity index is 525. The summed E-state index contributed by atoms with van der Waals surface area (Å²) in [4.78, 5) is 8.39. The van der Waals surface area contributed by atoms with Crippen molar-refractivity contribution in [2.75, 3.05) is 0 Å². The van der Waals surface area contributed by atoms with Crippen molar-refractivity contribution in [3.8, 4) is 11.4 Å². The van der Waals surface area contributed by atoms with E-state index in [1.165, 1.54) is 0 Å². The van der Waals surface area contributed by atoms with Gasteiger partial charge in [-0.05, 0) is 13.8 Å². The van der Waals surface area contributed by atoms with Crippen LogP contribution in [0.15, 0.2) is 6.20 Å². The number of hydrogen-bond donors (Lipinski definition) is 0. The lowest BCUT2D eigenvalue weighted by molar-refractivity contribution is 0.740. The highest BCUT2D eigenvalue weighted by Gasteiger charge is 2.13. The number of aromatic nitrogens is 4. The largest absolute Gasteiger partial charge is 0.272 e. The van der Waals surface area contributed by atoms with Gasteiger partial charge >= 0.3 is 0 Å². The average molecular weight is 257 g/mol. The maximum atomic E-state index is 5.97. The normalized spacial score (nSPS) is 10.8. The second-order valence-electron chi connectivity index (χ2n) is 3.52. The molecule has 0 aromatic carbocycles. The molecule has 0 N–H and O–H groups in total. The Hall–Kier alpha value is -1.13. The maximum absolute atomic E-state index is 5.97. The topological polar surface area (TPSA) is 43.6 Å². The fourth-order valence-corrected chi connectivity index (χ4v) is 1.69. The Labute approximate surface area is 103 Å². The number of halogens is 2. The van der Waals surface area contributed by atoms with Crippen molar-refractivity contribution < 1.29 is 0 Å². The maximum Gasteiger partial charge on any atom is 0.165 e. The number of nitrogens with zero attached hydrogens (tertiary/aromatic N) is 4. The molecule has 0 spiro atoms. The highest BCUT2D eigenvalue weighted by atomic mass is 35.5. The molecule has 0 saturated carbocycles. The van der Waals surface area contributed by atoms with Gasteiger partial charge in [0, 0.05) is 18.3 Å². The van der Waals surface area contributed by atoms with Gasteiger partial charge < -0.3 is 0 Å². The first-order valence-corrected chi connectivity index (χ1v) is 5.45. The molecule has 16 heavy (non-hydrogen) atoms. The summed E-state index contributed by atoms with van der Waals surface area (Å²) < 4.78 is 1.75. The van der Waals surface area contributed by atoms with Crippen molar-refractivity contribution in [3.63, 3.8) is 0 Å². The molecule has 2 aromatic rings. The molecule has 0 unspecified atom stereocenters. The summed E-state index contributed by atoms with van der Waals surface area (Å²) in [5, 5.41) is 4.87. The molecule has 0 amide bonds. The summed E-state index contributed by atoms with van der Waals surface area (Å²) in [6.45, 7) is 3.72. The fraction of sp³-hybridized carbons (Fsp3) is 0.300. The quantitative estimate of drug-likeness (QED) is 0.738. The van der Waals surface area contributed by atoms with Crippen LogP contribution in [-0.4, -0.2) is 19.7 Å². The van der Waals surface area contributed by atoms with Crippen LogP contribution in [-0.2, 0) is 7.05 Å². The Kier molecular flexibility index (Phi) is 2.86. The molecule has 0 fully saturated rings. The molecule has 0 bridgehead atoms. The van der Waals surface area contributed by atoms with Crippen LogP contribution in [0.3, 0.4) is 0 Å². The van der Waals surface area contributed by atoms with Crippen molar-refractivity contribution in [1.82, 2.24) is 19.7 Å². The molecule has 0 radical (unpaired) electrons. The minimum Gasteiger partial charge on any atom is -0.272 e. The number of hydrogen-bond acceptors (Lipinski definition) is 3. The Morgan fingerprint density at radius 1 is 1.12 bits per heavy atom. The Morgan fingerprint density at radius 2 is 1.69 bits per heavy atom. The number of aryl methyl sites for hydroxylation is 1. The molecule has 0 aliphatic heterocycles. The molecule has 2 rings (SSSR count). The van der Waals surface area contributed by atoms with Gasteiger partial charge in [0.05, 0.1) is 11.8 Å². The van der Waals surface area contributed by atoms with E-state index in [-0.39, 0.29) is 0 Å². The van der Waals surface area contributed by atoms with Gasteiger partial charge in [-0.1, -0.05) is 23.2 Å². The van der Waals surface area contributed by atoms with Gasteiger partial charge in [0.2, 0.25) is 0 Å². The summed E-state index contributed by atoms with van der Waals surface area (Å²) in [5.74, 6) is 0.506. The number of rotatable bonds is 1. The van der Waals surface area contributed by atoms with Crippen LogP contribution in [0.1, 0.15) is 11.3 Å². The predicted molar refractivity (Wildman–Crippen MR) is 63.7 cm³/mol. The molecule has 6 heteroatoms. The van der Waals surface area contributed by atoms with Crippen LogP contribution in [0, 0.1) is 13.8 Å². The van der Waals surface area contributed by atoms with Gasteiger partial charge in [-0.15, -0.1) is 0 Å². The SMILES string of the molecule is Cc1c(Cl)nc(-c2cnn(C)c2C)nc1Cl. The van der Waals surface area contributed by atoms with Crippen LogP contribution in [0.25, 0.3) is 11.4 Å². The fourth-order valence-electron chi connectivity index (χ4n) is 1.30. The summed E-state index contributed by atoms with van der Waals surface area (Å²) in [7, 11) is 1.86. The minimum atomic E-state index is 0.373. The zero-order valence-corrected chi connectivity index (χ0v) is 10.6. The van der Waals surface area contributed by atoms with Gasteiger partial charge in [0.15, 0.2) is 5.82 Å². The lowest BCUT2D eigenvalue weighted by Crippen LogP contribution is -1.96. The zero-order valence-electron chi connectivity index (χ0n) is 9.12. The third-order valence-corrected chi connectivity index (χ3v) is 3.24. The Morgan fingerprint density at radius 3 is 2.12 bits per heavy atom. The highest BCUT2D eigenvalue weighted by molar-refractivity contribution is 6.34. The van der Waals surface area contributed by atoms with E-state index in [1.54, 1.807) is 17.8 Å². The van der Waals surface area contributed by atoms with E-state index in [1.807, 2.05) is 14.0 Å². The summed E-state index contributed by atoms with van der Waals surface area (Å²) in [6.07, 6.45) is 1.70. The van der Waals surface area contributed by atoms with Crippen molar-refractivity contribution in [3.05, 3.63) is 27.8 Å². The molecule has 2 aromatic heterocycles. The lowest BCUT2D eigenvalue weighted by Gasteiger charge is -2.04. The van der Waals surface area contributed by atoms with Crippen LogP contribution < -0.4 is 0 Å². The van der Waals surface area contributed by atoms with Gasteiger partial charge in [-0.3, -0.25) is 4.68 Å². The first kappa shape index (κ1) is 11.4. The monoisotopic (exact) mass is 256 g/mol. The van der Waals surface area contributed by atoms with Gasteiger partial charge in [-0.2, -0.15) is 5.10 Å². The van der Waals surface area contributed by atoms with E-state index in [2.05, 4.69) is 15.1 Å². The van der Waals surface area contributed by atoms with Crippen molar-refractivity contribution >= 4 is 23.2 Å². The first-order chi connectivity index (χ1) is 7.50.